The second kappa shape index (κ2) is 6.05. The highest BCUT2D eigenvalue weighted by Gasteiger charge is 2.17. The zero-order valence-electron chi connectivity index (χ0n) is 9.75. The molecule has 0 aromatic heterocycles. The van der Waals surface area contributed by atoms with Crippen molar-refractivity contribution in [1.82, 2.24) is 4.90 Å². The van der Waals surface area contributed by atoms with Gasteiger partial charge in [-0.25, -0.2) is 0 Å². The lowest BCUT2D eigenvalue weighted by Gasteiger charge is -2.30. The topological polar surface area (TPSA) is 24.5 Å². The third-order valence-corrected chi connectivity index (χ3v) is 3.68. The Balaban J connectivity index is 1.88. The van der Waals surface area contributed by atoms with Crippen LogP contribution in [-0.2, 0) is 4.74 Å². The summed E-state index contributed by atoms with van der Waals surface area (Å²) in [6.45, 7) is 3.61. The molecule has 1 N–H and O–H groups in total. The Bertz CT molecular complexity index is 389. The molecule has 0 aliphatic carbocycles. The van der Waals surface area contributed by atoms with Crippen LogP contribution < -0.4 is 5.32 Å². The molecule has 1 aromatic rings. The average Bonchev–Trinajstić information content (AvgIpc) is 2.28. The summed E-state index contributed by atoms with van der Waals surface area (Å²) in [6, 6.07) is 5.74. The summed E-state index contributed by atoms with van der Waals surface area (Å²) in [7, 11) is 2.12. The van der Waals surface area contributed by atoms with Crippen molar-refractivity contribution in [1.29, 1.82) is 0 Å². The van der Waals surface area contributed by atoms with E-state index in [0.717, 1.165) is 41.4 Å². The molecule has 1 atom stereocenters. The van der Waals surface area contributed by atoms with Gasteiger partial charge in [0.2, 0.25) is 0 Å². The van der Waals surface area contributed by atoms with E-state index in [-0.39, 0.29) is 6.10 Å². The first kappa shape index (κ1) is 13.1. The normalized spacial score (nSPS) is 21.5. The number of morpholine rings is 1. The van der Waals surface area contributed by atoms with Gasteiger partial charge in [0.05, 0.1) is 12.7 Å². The molecule has 3 nitrogen and oxygen atoms in total. The van der Waals surface area contributed by atoms with Crippen LogP contribution in [0.2, 0.25) is 5.02 Å². The van der Waals surface area contributed by atoms with Crippen LogP contribution in [0.25, 0.3) is 0 Å². The van der Waals surface area contributed by atoms with Gasteiger partial charge in [0.25, 0.3) is 0 Å². The van der Waals surface area contributed by atoms with E-state index in [0.29, 0.717) is 0 Å². The summed E-state index contributed by atoms with van der Waals surface area (Å²) in [6.07, 6.45) is 0.247. The standard InChI is InChI=1S/C12H16BrClN2O/c1-16-4-5-17-10(8-16)7-15-12-3-2-9(14)6-11(12)13/h2-3,6,10,15H,4-5,7-8H2,1H3. The predicted octanol–water partition coefficient (Wildman–Crippen LogP) is 2.85. The first-order chi connectivity index (χ1) is 8.15. The number of nitrogens with one attached hydrogen (secondary N) is 1. The zero-order valence-corrected chi connectivity index (χ0v) is 12.1. The molecule has 17 heavy (non-hydrogen) atoms. The smallest absolute Gasteiger partial charge is 0.0874 e. The van der Waals surface area contributed by atoms with Gasteiger partial charge >= 0.3 is 0 Å². The SMILES string of the molecule is CN1CCOC(CNc2ccc(Cl)cc2Br)C1. The summed E-state index contributed by atoms with van der Waals surface area (Å²) in [5, 5.41) is 4.11. The number of benzene rings is 1. The van der Waals surface area contributed by atoms with Crippen LogP contribution in [0.3, 0.4) is 0 Å². The lowest BCUT2D eigenvalue weighted by Crippen LogP contribution is -2.43. The fourth-order valence-corrected chi connectivity index (χ4v) is 2.67. The number of nitrogens with zero attached hydrogens (tertiary/aromatic N) is 1. The molecule has 94 valence electrons. The summed E-state index contributed by atoms with van der Waals surface area (Å²) in [5.41, 5.74) is 1.05. The molecule has 5 heteroatoms. The minimum Gasteiger partial charge on any atom is -0.381 e. The Morgan fingerprint density at radius 1 is 1.59 bits per heavy atom. The highest BCUT2D eigenvalue weighted by molar-refractivity contribution is 9.10. The van der Waals surface area contributed by atoms with Gasteiger partial charge in [0.15, 0.2) is 0 Å². The molecule has 0 radical (unpaired) electrons. The van der Waals surface area contributed by atoms with E-state index in [1.165, 1.54) is 0 Å². The van der Waals surface area contributed by atoms with Crippen LogP contribution in [-0.4, -0.2) is 44.3 Å². The molecule has 0 saturated carbocycles. The van der Waals surface area contributed by atoms with E-state index in [1.807, 2.05) is 18.2 Å². The van der Waals surface area contributed by atoms with Crippen molar-refractivity contribution in [3.63, 3.8) is 0 Å². The fourth-order valence-electron chi connectivity index (χ4n) is 1.85. The lowest BCUT2D eigenvalue weighted by molar-refractivity contribution is -0.0117. The van der Waals surface area contributed by atoms with Crippen molar-refractivity contribution in [2.75, 3.05) is 38.6 Å². The Kier molecular flexibility index (Phi) is 4.68. The largest absolute Gasteiger partial charge is 0.381 e. The number of anilines is 1. The Labute approximate surface area is 115 Å². The van der Waals surface area contributed by atoms with Gasteiger partial charge in [0.1, 0.15) is 0 Å². The van der Waals surface area contributed by atoms with Crippen molar-refractivity contribution in [2.24, 2.45) is 0 Å². The van der Waals surface area contributed by atoms with E-state index in [2.05, 4.69) is 33.2 Å². The number of likely N-dealkylation sites (N-methyl/N-ethyl adjacent to an activating group) is 1. The number of hydrogen-bond acceptors (Lipinski definition) is 3. The van der Waals surface area contributed by atoms with Crippen molar-refractivity contribution in [2.45, 2.75) is 6.10 Å². The minimum atomic E-state index is 0.247. The van der Waals surface area contributed by atoms with Crippen molar-refractivity contribution >= 4 is 33.2 Å². The van der Waals surface area contributed by atoms with Gasteiger partial charge in [-0.05, 0) is 41.2 Å². The van der Waals surface area contributed by atoms with E-state index in [1.54, 1.807) is 0 Å². The molecule has 2 rings (SSSR count). The highest BCUT2D eigenvalue weighted by atomic mass is 79.9. The predicted molar refractivity (Wildman–Crippen MR) is 74.9 cm³/mol. The van der Waals surface area contributed by atoms with Crippen molar-refractivity contribution in [3.05, 3.63) is 27.7 Å². The molecular weight excluding hydrogens is 304 g/mol. The van der Waals surface area contributed by atoms with Crippen LogP contribution >= 0.6 is 27.5 Å². The Morgan fingerprint density at radius 3 is 3.12 bits per heavy atom. The van der Waals surface area contributed by atoms with E-state index in [9.17, 15) is 0 Å². The molecule has 1 aliphatic heterocycles. The molecule has 0 bridgehead atoms. The molecule has 1 fully saturated rings. The molecule has 0 spiro atoms. The number of ether oxygens (including phenoxy) is 1. The monoisotopic (exact) mass is 318 g/mol. The summed E-state index contributed by atoms with van der Waals surface area (Å²) >= 11 is 9.38. The maximum Gasteiger partial charge on any atom is 0.0874 e. The second-order valence-electron chi connectivity index (χ2n) is 4.26. The molecule has 0 amide bonds. The van der Waals surface area contributed by atoms with Gasteiger partial charge in [-0.3, -0.25) is 0 Å². The number of halogens is 2. The zero-order chi connectivity index (χ0) is 12.3. The number of hydrogen-bond donors (Lipinski definition) is 1. The maximum atomic E-state index is 5.90. The molecule has 1 aromatic carbocycles. The van der Waals surface area contributed by atoms with Gasteiger partial charge in [0, 0.05) is 34.8 Å². The van der Waals surface area contributed by atoms with Crippen LogP contribution in [0, 0.1) is 0 Å². The first-order valence-electron chi connectivity index (χ1n) is 5.64. The third-order valence-electron chi connectivity index (χ3n) is 2.79. The number of rotatable bonds is 3. The molecular formula is C12H16BrClN2O. The maximum absolute atomic E-state index is 5.90. The molecule has 1 unspecified atom stereocenters. The van der Waals surface area contributed by atoms with E-state index >= 15 is 0 Å². The summed E-state index contributed by atoms with van der Waals surface area (Å²) in [5.74, 6) is 0. The Hall–Kier alpha value is -0.290. The van der Waals surface area contributed by atoms with Crippen molar-refractivity contribution in [3.8, 4) is 0 Å². The molecule has 1 saturated heterocycles. The third kappa shape index (κ3) is 3.85. The second-order valence-corrected chi connectivity index (χ2v) is 5.55. The van der Waals surface area contributed by atoms with Crippen LogP contribution in [0.5, 0.6) is 0 Å². The van der Waals surface area contributed by atoms with Crippen LogP contribution in [0.15, 0.2) is 22.7 Å². The van der Waals surface area contributed by atoms with E-state index < -0.39 is 0 Å². The van der Waals surface area contributed by atoms with Gasteiger partial charge in [-0.2, -0.15) is 0 Å². The quantitative estimate of drug-likeness (QED) is 0.927. The van der Waals surface area contributed by atoms with Crippen molar-refractivity contribution < 1.29 is 4.74 Å². The van der Waals surface area contributed by atoms with Gasteiger partial charge in [-0.15, -0.1) is 0 Å². The lowest BCUT2D eigenvalue weighted by atomic mass is 10.2. The van der Waals surface area contributed by atoms with Crippen LogP contribution in [0.4, 0.5) is 5.69 Å². The van der Waals surface area contributed by atoms with Gasteiger partial charge < -0.3 is 15.0 Å². The van der Waals surface area contributed by atoms with E-state index in [4.69, 9.17) is 16.3 Å². The average molecular weight is 320 g/mol. The highest BCUT2D eigenvalue weighted by Crippen LogP contribution is 2.25. The summed E-state index contributed by atoms with van der Waals surface area (Å²) < 4.78 is 6.67. The van der Waals surface area contributed by atoms with Gasteiger partial charge in [-0.1, -0.05) is 11.6 Å². The fraction of sp³-hybridized carbons (Fsp3) is 0.500. The summed E-state index contributed by atoms with van der Waals surface area (Å²) in [4.78, 5) is 2.28. The Morgan fingerprint density at radius 2 is 2.41 bits per heavy atom. The minimum absolute atomic E-state index is 0.247. The van der Waals surface area contributed by atoms with Crippen LogP contribution in [0.1, 0.15) is 0 Å². The molecule has 1 heterocycles. The molecule has 1 aliphatic rings. The first-order valence-corrected chi connectivity index (χ1v) is 6.81.